The summed E-state index contributed by atoms with van der Waals surface area (Å²) in [5.41, 5.74) is 6.03. The molecule has 0 heterocycles. The summed E-state index contributed by atoms with van der Waals surface area (Å²) < 4.78 is 10.2. The molecule has 0 aliphatic heterocycles. The van der Waals surface area contributed by atoms with E-state index in [4.69, 9.17) is 15.2 Å². The number of ether oxygens (including phenoxy) is 2. The number of hydrogen-bond acceptors (Lipinski definition) is 4. The van der Waals surface area contributed by atoms with E-state index in [0.29, 0.717) is 32.3 Å². The second-order valence-corrected chi connectivity index (χ2v) is 5.44. The zero-order valence-corrected chi connectivity index (χ0v) is 12.2. The number of hydrogen-bond donors (Lipinski definition) is 2. The molecule has 3 unspecified atom stereocenters. The van der Waals surface area contributed by atoms with Crippen LogP contribution in [-0.2, 0) is 14.3 Å². The summed E-state index contributed by atoms with van der Waals surface area (Å²) in [5, 5.41) is 2.96. The van der Waals surface area contributed by atoms with Crippen LogP contribution in [0.1, 0.15) is 32.6 Å². The number of carbonyl (C=O) groups is 1. The van der Waals surface area contributed by atoms with Crippen molar-refractivity contribution in [2.45, 2.75) is 38.6 Å². The SMILES string of the molecule is COCCOCCCNC(=O)C1CC(C)CCC1N. The maximum Gasteiger partial charge on any atom is 0.224 e. The van der Waals surface area contributed by atoms with Crippen LogP contribution >= 0.6 is 0 Å². The van der Waals surface area contributed by atoms with Crippen LogP contribution in [0.15, 0.2) is 0 Å². The molecule has 0 aromatic heterocycles. The Kier molecular flexibility index (Phi) is 8.02. The third-order valence-corrected chi connectivity index (χ3v) is 3.70. The number of amides is 1. The van der Waals surface area contributed by atoms with Gasteiger partial charge in [0.05, 0.1) is 19.1 Å². The van der Waals surface area contributed by atoms with Crippen LogP contribution in [0.3, 0.4) is 0 Å². The smallest absolute Gasteiger partial charge is 0.224 e. The Morgan fingerprint density at radius 2 is 2.11 bits per heavy atom. The second kappa shape index (κ2) is 9.28. The van der Waals surface area contributed by atoms with Crippen molar-refractivity contribution >= 4 is 5.91 Å². The summed E-state index contributed by atoms with van der Waals surface area (Å²) in [6.07, 6.45) is 3.84. The van der Waals surface area contributed by atoms with Crippen LogP contribution in [0, 0.1) is 11.8 Å². The first kappa shape index (κ1) is 16.4. The van der Waals surface area contributed by atoms with Gasteiger partial charge >= 0.3 is 0 Å². The zero-order chi connectivity index (χ0) is 14.1. The van der Waals surface area contributed by atoms with Gasteiger partial charge in [-0.3, -0.25) is 4.79 Å². The number of methoxy groups -OCH3 is 1. The standard InChI is InChI=1S/C14H28N2O3/c1-11-4-5-13(15)12(10-11)14(17)16-6-3-7-19-9-8-18-2/h11-13H,3-10,15H2,1-2H3,(H,16,17). The minimum Gasteiger partial charge on any atom is -0.382 e. The van der Waals surface area contributed by atoms with Gasteiger partial charge in [-0.1, -0.05) is 6.92 Å². The molecule has 1 fully saturated rings. The average Bonchev–Trinajstić information content (AvgIpc) is 2.40. The molecule has 5 heteroatoms. The first-order chi connectivity index (χ1) is 9.15. The Morgan fingerprint density at radius 1 is 1.32 bits per heavy atom. The molecular formula is C14H28N2O3. The predicted molar refractivity (Wildman–Crippen MR) is 74.8 cm³/mol. The van der Waals surface area contributed by atoms with Gasteiger partial charge in [-0.25, -0.2) is 0 Å². The lowest BCUT2D eigenvalue weighted by molar-refractivity contribution is -0.127. The highest BCUT2D eigenvalue weighted by atomic mass is 16.5. The molecule has 0 radical (unpaired) electrons. The van der Waals surface area contributed by atoms with Gasteiger partial charge < -0.3 is 20.5 Å². The normalized spacial score (nSPS) is 27.2. The van der Waals surface area contributed by atoms with Gasteiger partial charge in [0.25, 0.3) is 0 Å². The van der Waals surface area contributed by atoms with E-state index in [1.165, 1.54) is 0 Å². The van der Waals surface area contributed by atoms with Gasteiger partial charge in [-0.05, 0) is 31.6 Å². The van der Waals surface area contributed by atoms with Crippen LogP contribution < -0.4 is 11.1 Å². The van der Waals surface area contributed by atoms with Gasteiger partial charge in [0.15, 0.2) is 0 Å². The summed E-state index contributed by atoms with van der Waals surface area (Å²) in [7, 11) is 1.65. The number of nitrogens with one attached hydrogen (secondary N) is 1. The van der Waals surface area contributed by atoms with Crippen molar-refractivity contribution in [2.24, 2.45) is 17.6 Å². The molecule has 3 atom stereocenters. The molecule has 1 rings (SSSR count). The molecule has 1 aliphatic carbocycles. The van der Waals surface area contributed by atoms with E-state index in [1.807, 2.05) is 0 Å². The average molecular weight is 272 g/mol. The van der Waals surface area contributed by atoms with Crippen molar-refractivity contribution in [1.29, 1.82) is 0 Å². The van der Waals surface area contributed by atoms with Crippen LogP contribution in [-0.4, -0.2) is 45.4 Å². The highest BCUT2D eigenvalue weighted by molar-refractivity contribution is 5.79. The van der Waals surface area contributed by atoms with Crippen molar-refractivity contribution in [3.8, 4) is 0 Å². The topological polar surface area (TPSA) is 73.6 Å². The lowest BCUT2D eigenvalue weighted by atomic mass is 9.79. The van der Waals surface area contributed by atoms with Crippen LogP contribution in [0.2, 0.25) is 0 Å². The Bertz CT molecular complexity index is 261. The monoisotopic (exact) mass is 272 g/mol. The van der Waals surface area contributed by atoms with Crippen LogP contribution in [0.4, 0.5) is 0 Å². The third kappa shape index (κ3) is 6.36. The van der Waals surface area contributed by atoms with E-state index in [9.17, 15) is 4.79 Å². The van der Waals surface area contributed by atoms with Crippen molar-refractivity contribution < 1.29 is 14.3 Å². The van der Waals surface area contributed by atoms with Crippen LogP contribution in [0.25, 0.3) is 0 Å². The predicted octanol–water partition coefficient (Wildman–Crippen LogP) is 0.919. The molecular weight excluding hydrogens is 244 g/mol. The molecule has 19 heavy (non-hydrogen) atoms. The molecule has 0 spiro atoms. The van der Waals surface area contributed by atoms with E-state index in [1.54, 1.807) is 7.11 Å². The third-order valence-electron chi connectivity index (χ3n) is 3.70. The summed E-state index contributed by atoms with van der Waals surface area (Å²) in [6, 6.07) is 0.0224. The van der Waals surface area contributed by atoms with E-state index < -0.39 is 0 Å². The van der Waals surface area contributed by atoms with E-state index in [0.717, 1.165) is 25.7 Å². The molecule has 0 bridgehead atoms. The van der Waals surface area contributed by atoms with E-state index in [2.05, 4.69) is 12.2 Å². The number of rotatable bonds is 8. The highest BCUT2D eigenvalue weighted by Gasteiger charge is 2.31. The molecule has 3 N–H and O–H groups in total. The Labute approximate surface area is 116 Å². The number of carbonyl (C=O) groups excluding carboxylic acids is 1. The highest BCUT2D eigenvalue weighted by Crippen LogP contribution is 2.27. The second-order valence-electron chi connectivity index (χ2n) is 5.44. The Hall–Kier alpha value is -0.650. The molecule has 1 aliphatic rings. The zero-order valence-electron chi connectivity index (χ0n) is 12.2. The molecule has 112 valence electrons. The summed E-state index contributed by atoms with van der Waals surface area (Å²) in [5.74, 6) is 0.696. The van der Waals surface area contributed by atoms with Crippen molar-refractivity contribution in [1.82, 2.24) is 5.32 Å². The van der Waals surface area contributed by atoms with E-state index >= 15 is 0 Å². The lowest BCUT2D eigenvalue weighted by Crippen LogP contribution is -2.45. The molecule has 1 saturated carbocycles. The maximum absolute atomic E-state index is 12.0. The minimum absolute atomic E-state index is 0.0156. The van der Waals surface area contributed by atoms with Gasteiger partial charge in [0, 0.05) is 26.3 Å². The fraction of sp³-hybridized carbons (Fsp3) is 0.929. The first-order valence-electron chi connectivity index (χ1n) is 7.25. The first-order valence-corrected chi connectivity index (χ1v) is 7.25. The Balaban J connectivity index is 2.09. The van der Waals surface area contributed by atoms with Crippen LogP contribution in [0.5, 0.6) is 0 Å². The fourth-order valence-electron chi connectivity index (χ4n) is 2.47. The maximum atomic E-state index is 12.0. The molecule has 0 saturated heterocycles. The van der Waals surface area contributed by atoms with Crippen molar-refractivity contribution in [2.75, 3.05) is 33.5 Å². The largest absolute Gasteiger partial charge is 0.382 e. The summed E-state index contributed by atoms with van der Waals surface area (Å²) in [4.78, 5) is 12.0. The minimum atomic E-state index is -0.0156. The molecule has 0 aromatic carbocycles. The van der Waals surface area contributed by atoms with Gasteiger partial charge in [0.1, 0.15) is 0 Å². The summed E-state index contributed by atoms with van der Waals surface area (Å²) in [6.45, 7) is 4.71. The quantitative estimate of drug-likeness (QED) is 0.644. The lowest BCUT2D eigenvalue weighted by Gasteiger charge is -2.31. The van der Waals surface area contributed by atoms with Gasteiger partial charge in [0.2, 0.25) is 5.91 Å². The molecule has 0 aromatic rings. The van der Waals surface area contributed by atoms with Gasteiger partial charge in [-0.2, -0.15) is 0 Å². The molecule has 5 nitrogen and oxygen atoms in total. The van der Waals surface area contributed by atoms with Crippen molar-refractivity contribution in [3.63, 3.8) is 0 Å². The number of nitrogens with two attached hydrogens (primary N) is 1. The van der Waals surface area contributed by atoms with Gasteiger partial charge in [-0.15, -0.1) is 0 Å². The molecule has 1 amide bonds. The fourth-order valence-corrected chi connectivity index (χ4v) is 2.47. The summed E-state index contributed by atoms with van der Waals surface area (Å²) >= 11 is 0. The van der Waals surface area contributed by atoms with Crippen molar-refractivity contribution in [3.05, 3.63) is 0 Å². The van der Waals surface area contributed by atoms with E-state index in [-0.39, 0.29) is 17.9 Å². The Morgan fingerprint density at radius 3 is 2.84 bits per heavy atom.